The van der Waals surface area contributed by atoms with E-state index in [2.05, 4.69) is 28.6 Å². The quantitative estimate of drug-likeness (QED) is 0.874. The fourth-order valence-electron chi connectivity index (χ4n) is 3.07. The Kier molecular flexibility index (Phi) is 4.75. The van der Waals surface area contributed by atoms with Gasteiger partial charge in [0.1, 0.15) is 11.6 Å². The molecule has 102 valence electrons. The zero-order valence-corrected chi connectivity index (χ0v) is 11.7. The summed E-state index contributed by atoms with van der Waals surface area (Å²) in [4.78, 5) is 0. The molecular formula is C14H26N4. The van der Waals surface area contributed by atoms with Gasteiger partial charge in [-0.25, -0.2) is 0 Å². The van der Waals surface area contributed by atoms with Crippen molar-refractivity contribution in [3.05, 3.63) is 11.6 Å². The first-order valence-corrected chi connectivity index (χ1v) is 7.38. The van der Waals surface area contributed by atoms with Crippen LogP contribution in [0.1, 0.15) is 69.6 Å². The second-order valence-electron chi connectivity index (χ2n) is 5.58. The van der Waals surface area contributed by atoms with Crippen LogP contribution in [-0.4, -0.2) is 20.8 Å². The molecule has 0 spiro atoms. The van der Waals surface area contributed by atoms with Gasteiger partial charge in [0.15, 0.2) is 0 Å². The van der Waals surface area contributed by atoms with E-state index < -0.39 is 0 Å². The number of hydrogen-bond donors (Lipinski definition) is 1. The van der Waals surface area contributed by atoms with Gasteiger partial charge in [-0.15, -0.1) is 10.2 Å². The van der Waals surface area contributed by atoms with Crippen molar-refractivity contribution in [2.75, 3.05) is 0 Å². The summed E-state index contributed by atoms with van der Waals surface area (Å²) in [5, 5.41) is 8.61. The normalized spacial score (nSPS) is 19.1. The largest absolute Gasteiger partial charge is 0.327 e. The Morgan fingerprint density at radius 3 is 2.67 bits per heavy atom. The summed E-state index contributed by atoms with van der Waals surface area (Å²) in [5.41, 5.74) is 6.14. The van der Waals surface area contributed by atoms with Gasteiger partial charge >= 0.3 is 0 Å². The molecular weight excluding hydrogens is 224 g/mol. The molecule has 1 aliphatic carbocycles. The molecule has 1 aliphatic rings. The number of nitrogens with zero attached hydrogens (tertiary/aromatic N) is 3. The molecule has 0 aliphatic heterocycles. The maximum atomic E-state index is 6.14. The molecule has 0 aromatic carbocycles. The minimum atomic E-state index is 0.223. The van der Waals surface area contributed by atoms with Gasteiger partial charge in [-0.3, -0.25) is 0 Å². The van der Waals surface area contributed by atoms with Gasteiger partial charge in [-0.1, -0.05) is 32.6 Å². The average Bonchev–Trinajstić information content (AvgIpc) is 2.72. The van der Waals surface area contributed by atoms with Crippen LogP contribution < -0.4 is 5.73 Å². The first kappa shape index (κ1) is 13.5. The molecule has 0 saturated heterocycles. The minimum absolute atomic E-state index is 0.223. The molecule has 1 unspecified atom stereocenters. The van der Waals surface area contributed by atoms with Gasteiger partial charge < -0.3 is 10.3 Å². The molecule has 0 radical (unpaired) electrons. The SMILES string of the molecule is CCCC(N)Cc1nnc(C)n1C1CCCCC1. The maximum absolute atomic E-state index is 6.14. The average molecular weight is 250 g/mol. The third-order valence-corrected chi connectivity index (χ3v) is 3.98. The Balaban J connectivity index is 2.10. The van der Waals surface area contributed by atoms with E-state index >= 15 is 0 Å². The van der Waals surface area contributed by atoms with E-state index in [1.807, 2.05) is 0 Å². The lowest BCUT2D eigenvalue weighted by Gasteiger charge is -2.25. The summed E-state index contributed by atoms with van der Waals surface area (Å²) in [5.74, 6) is 2.15. The zero-order chi connectivity index (χ0) is 13.0. The van der Waals surface area contributed by atoms with Crippen LogP contribution in [0.15, 0.2) is 0 Å². The van der Waals surface area contributed by atoms with Gasteiger partial charge in [0.25, 0.3) is 0 Å². The van der Waals surface area contributed by atoms with Gasteiger partial charge in [-0.05, 0) is 26.2 Å². The molecule has 2 N–H and O–H groups in total. The van der Waals surface area contributed by atoms with Crippen LogP contribution >= 0.6 is 0 Å². The Morgan fingerprint density at radius 1 is 1.28 bits per heavy atom. The van der Waals surface area contributed by atoms with Crippen molar-refractivity contribution in [3.8, 4) is 0 Å². The third kappa shape index (κ3) is 3.10. The van der Waals surface area contributed by atoms with E-state index in [9.17, 15) is 0 Å². The van der Waals surface area contributed by atoms with Crippen molar-refractivity contribution in [1.29, 1.82) is 0 Å². The highest BCUT2D eigenvalue weighted by atomic mass is 15.3. The monoisotopic (exact) mass is 250 g/mol. The highest BCUT2D eigenvalue weighted by Gasteiger charge is 2.21. The summed E-state index contributed by atoms with van der Waals surface area (Å²) in [6, 6.07) is 0.832. The highest BCUT2D eigenvalue weighted by molar-refractivity contribution is 5.00. The lowest BCUT2D eigenvalue weighted by Crippen LogP contribution is -2.26. The summed E-state index contributed by atoms with van der Waals surface area (Å²) in [6.45, 7) is 4.24. The molecule has 4 nitrogen and oxygen atoms in total. The van der Waals surface area contributed by atoms with Crippen LogP contribution in [0.4, 0.5) is 0 Å². The Hall–Kier alpha value is -0.900. The second-order valence-corrected chi connectivity index (χ2v) is 5.58. The number of aryl methyl sites for hydroxylation is 1. The number of aromatic nitrogens is 3. The minimum Gasteiger partial charge on any atom is -0.327 e. The smallest absolute Gasteiger partial charge is 0.134 e. The Bertz CT molecular complexity index is 366. The number of hydrogen-bond acceptors (Lipinski definition) is 3. The predicted octanol–water partition coefficient (Wildman–Crippen LogP) is 2.76. The van der Waals surface area contributed by atoms with Crippen LogP contribution in [0, 0.1) is 6.92 Å². The van der Waals surface area contributed by atoms with Gasteiger partial charge in [0.05, 0.1) is 0 Å². The van der Waals surface area contributed by atoms with E-state index in [-0.39, 0.29) is 6.04 Å². The maximum Gasteiger partial charge on any atom is 0.134 e. The zero-order valence-electron chi connectivity index (χ0n) is 11.7. The van der Waals surface area contributed by atoms with Crippen molar-refractivity contribution < 1.29 is 0 Å². The van der Waals surface area contributed by atoms with Gasteiger partial charge in [-0.2, -0.15) is 0 Å². The lowest BCUT2D eigenvalue weighted by molar-refractivity contribution is 0.338. The van der Waals surface area contributed by atoms with E-state index in [1.54, 1.807) is 0 Å². The van der Waals surface area contributed by atoms with Crippen molar-refractivity contribution in [2.45, 2.75) is 77.3 Å². The fourth-order valence-corrected chi connectivity index (χ4v) is 3.07. The molecule has 1 aromatic heterocycles. The molecule has 0 amide bonds. The molecule has 1 atom stereocenters. The van der Waals surface area contributed by atoms with Crippen LogP contribution in [0.25, 0.3) is 0 Å². The second kappa shape index (κ2) is 6.32. The van der Waals surface area contributed by atoms with E-state index in [4.69, 9.17) is 5.73 Å². The number of rotatable bonds is 5. The first-order valence-electron chi connectivity index (χ1n) is 7.38. The van der Waals surface area contributed by atoms with Crippen LogP contribution in [-0.2, 0) is 6.42 Å². The van der Waals surface area contributed by atoms with E-state index in [0.717, 1.165) is 30.9 Å². The standard InChI is InChI=1S/C14H26N4/c1-3-7-12(15)10-14-17-16-11(2)18(14)13-8-5-4-6-9-13/h12-13H,3-10,15H2,1-2H3. The van der Waals surface area contributed by atoms with E-state index in [0.29, 0.717) is 6.04 Å². The first-order chi connectivity index (χ1) is 8.72. The van der Waals surface area contributed by atoms with Crippen molar-refractivity contribution in [1.82, 2.24) is 14.8 Å². The van der Waals surface area contributed by atoms with E-state index in [1.165, 1.54) is 32.1 Å². The molecule has 1 fully saturated rings. The van der Waals surface area contributed by atoms with Crippen molar-refractivity contribution >= 4 is 0 Å². The van der Waals surface area contributed by atoms with Crippen LogP contribution in [0.2, 0.25) is 0 Å². The Morgan fingerprint density at radius 2 is 2.00 bits per heavy atom. The van der Waals surface area contributed by atoms with Gasteiger partial charge in [0, 0.05) is 18.5 Å². The summed E-state index contributed by atoms with van der Waals surface area (Å²) < 4.78 is 2.36. The van der Waals surface area contributed by atoms with Crippen LogP contribution in [0.3, 0.4) is 0 Å². The van der Waals surface area contributed by atoms with Crippen molar-refractivity contribution in [3.63, 3.8) is 0 Å². The lowest BCUT2D eigenvalue weighted by atomic mass is 9.95. The van der Waals surface area contributed by atoms with Crippen molar-refractivity contribution in [2.24, 2.45) is 5.73 Å². The summed E-state index contributed by atoms with van der Waals surface area (Å²) in [7, 11) is 0. The Labute approximate surface area is 110 Å². The molecule has 4 heteroatoms. The number of nitrogens with two attached hydrogens (primary N) is 1. The predicted molar refractivity (Wildman–Crippen MR) is 73.5 cm³/mol. The summed E-state index contributed by atoms with van der Waals surface area (Å²) >= 11 is 0. The van der Waals surface area contributed by atoms with Crippen LogP contribution in [0.5, 0.6) is 0 Å². The summed E-state index contributed by atoms with van der Waals surface area (Å²) in [6.07, 6.45) is 9.66. The fraction of sp³-hybridized carbons (Fsp3) is 0.857. The highest BCUT2D eigenvalue weighted by Crippen LogP contribution is 2.30. The molecule has 1 aromatic rings. The molecule has 1 heterocycles. The topological polar surface area (TPSA) is 56.7 Å². The third-order valence-electron chi connectivity index (χ3n) is 3.98. The van der Waals surface area contributed by atoms with Gasteiger partial charge in [0.2, 0.25) is 0 Å². The molecule has 18 heavy (non-hydrogen) atoms. The molecule has 1 saturated carbocycles. The molecule has 0 bridgehead atoms. The molecule has 2 rings (SSSR count).